The summed E-state index contributed by atoms with van der Waals surface area (Å²) in [5, 5.41) is 6.30. The smallest absolute Gasteiger partial charge is 0.392 e. The monoisotopic (exact) mass is 289 g/mol. The van der Waals surface area contributed by atoms with Gasteiger partial charge in [-0.15, -0.1) is 5.10 Å². The molecule has 2 aromatic rings. The van der Waals surface area contributed by atoms with Gasteiger partial charge in [-0.3, -0.25) is 0 Å². The van der Waals surface area contributed by atoms with Gasteiger partial charge in [-0.05, 0) is 33.6 Å². The van der Waals surface area contributed by atoms with E-state index in [0.717, 1.165) is 48.8 Å². The predicted octanol–water partition coefficient (Wildman–Crippen LogP) is 1.46. The number of aromatic amines is 1. The lowest BCUT2D eigenvalue weighted by molar-refractivity contribution is 0.384. The molecule has 21 heavy (non-hydrogen) atoms. The number of piperidine rings is 1. The van der Waals surface area contributed by atoms with Crippen LogP contribution in [0.25, 0.3) is 0 Å². The van der Waals surface area contributed by atoms with Crippen LogP contribution >= 0.6 is 0 Å². The van der Waals surface area contributed by atoms with Gasteiger partial charge in [-0.2, -0.15) is 0 Å². The number of H-pyrrole nitrogens is 1. The molecule has 1 saturated heterocycles. The maximum Gasteiger partial charge on any atom is 0.434 e. The van der Waals surface area contributed by atoms with Gasteiger partial charge < -0.3 is 9.32 Å². The van der Waals surface area contributed by atoms with Crippen LogP contribution < -0.4 is 10.7 Å². The van der Waals surface area contributed by atoms with Crippen LogP contribution in [0.15, 0.2) is 9.21 Å². The van der Waals surface area contributed by atoms with Crippen LogP contribution in [-0.4, -0.2) is 33.3 Å². The maximum absolute atomic E-state index is 11.1. The van der Waals surface area contributed by atoms with Crippen molar-refractivity contribution >= 4 is 5.82 Å². The first kappa shape index (κ1) is 13.8. The predicted molar refractivity (Wildman–Crippen MR) is 77.6 cm³/mol. The van der Waals surface area contributed by atoms with Crippen molar-refractivity contribution in [3.05, 3.63) is 33.5 Å². The molecule has 112 valence electrons. The number of hydrogen-bond donors (Lipinski definition) is 1. The molecule has 2 aromatic heterocycles. The normalized spacial score (nSPS) is 19.0. The van der Waals surface area contributed by atoms with Crippen molar-refractivity contribution in [1.29, 1.82) is 0 Å². The SMILES string of the molecule is Cc1nc(C)c(C)c(N2CCCC(c3n[nH]c(=O)o3)C2)n1. The number of nitrogens with zero attached hydrogens (tertiary/aromatic N) is 4. The third-order valence-electron chi connectivity index (χ3n) is 4.00. The molecule has 1 N–H and O–H groups in total. The van der Waals surface area contributed by atoms with Crippen LogP contribution in [0.3, 0.4) is 0 Å². The van der Waals surface area contributed by atoms with Crippen molar-refractivity contribution in [2.24, 2.45) is 0 Å². The second-order valence-corrected chi connectivity index (χ2v) is 5.54. The van der Waals surface area contributed by atoms with Gasteiger partial charge in [0.05, 0.1) is 5.92 Å². The first-order chi connectivity index (χ1) is 10.0. The first-order valence-electron chi connectivity index (χ1n) is 7.17. The second-order valence-electron chi connectivity index (χ2n) is 5.54. The number of nitrogens with one attached hydrogen (secondary N) is 1. The standard InChI is InChI=1S/C14H19N5O2/c1-8-9(2)15-10(3)16-12(8)19-6-4-5-11(7-19)13-17-18-14(20)21-13/h11H,4-7H2,1-3H3,(H,18,20). The van der Waals surface area contributed by atoms with Gasteiger partial charge in [0, 0.05) is 24.3 Å². The first-order valence-corrected chi connectivity index (χ1v) is 7.17. The molecule has 0 radical (unpaired) electrons. The van der Waals surface area contributed by atoms with Crippen LogP contribution in [0.1, 0.15) is 41.7 Å². The highest BCUT2D eigenvalue weighted by atomic mass is 16.4. The molecule has 0 aromatic carbocycles. The van der Waals surface area contributed by atoms with Crippen molar-refractivity contribution in [2.75, 3.05) is 18.0 Å². The molecule has 1 fully saturated rings. The summed E-state index contributed by atoms with van der Waals surface area (Å²) in [7, 11) is 0. The van der Waals surface area contributed by atoms with Crippen LogP contribution in [0, 0.1) is 20.8 Å². The van der Waals surface area contributed by atoms with E-state index in [0.29, 0.717) is 5.89 Å². The van der Waals surface area contributed by atoms with E-state index in [4.69, 9.17) is 4.42 Å². The van der Waals surface area contributed by atoms with E-state index >= 15 is 0 Å². The Kier molecular flexibility index (Phi) is 3.48. The van der Waals surface area contributed by atoms with E-state index in [9.17, 15) is 4.79 Å². The molecule has 7 nitrogen and oxygen atoms in total. The molecule has 0 aliphatic carbocycles. The van der Waals surface area contributed by atoms with Crippen molar-refractivity contribution in [1.82, 2.24) is 20.2 Å². The Morgan fingerprint density at radius 2 is 2.10 bits per heavy atom. The minimum atomic E-state index is -0.493. The molecule has 1 aliphatic heterocycles. The summed E-state index contributed by atoms with van der Waals surface area (Å²) < 4.78 is 5.10. The third-order valence-corrected chi connectivity index (χ3v) is 4.00. The molecule has 7 heteroatoms. The van der Waals surface area contributed by atoms with Crippen molar-refractivity contribution in [3.63, 3.8) is 0 Å². The highest BCUT2D eigenvalue weighted by molar-refractivity contribution is 5.49. The Hall–Kier alpha value is -2.18. The Morgan fingerprint density at radius 1 is 1.29 bits per heavy atom. The van der Waals surface area contributed by atoms with Crippen LogP contribution in [0.5, 0.6) is 0 Å². The lowest BCUT2D eigenvalue weighted by atomic mass is 9.97. The van der Waals surface area contributed by atoms with Crippen molar-refractivity contribution in [3.8, 4) is 0 Å². The Labute approximate surface area is 122 Å². The summed E-state index contributed by atoms with van der Waals surface area (Å²) in [6.07, 6.45) is 1.98. The maximum atomic E-state index is 11.1. The second kappa shape index (κ2) is 5.31. The summed E-state index contributed by atoms with van der Waals surface area (Å²) in [5.74, 6) is 1.87. The molecule has 0 amide bonds. The number of hydrogen-bond acceptors (Lipinski definition) is 6. The zero-order valence-corrected chi connectivity index (χ0v) is 12.5. The van der Waals surface area contributed by atoms with Crippen molar-refractivity contribution < 1.29 is 4.42 Å². The van der Waals surface area contributed by atoms with Gasteiger partial charge in [0.2, 0.25) is 5.89 Å². The molecule has 0 saturated carbocycles. The largest absolute Gasteiger partial charge is 0.434 e. The van der Waals surface area contributed by atoms with Crippen molar-refractivity contribution in [2.45, 2.75) is 39.5 Å². The summed E-state index contributed by atoms with van der Waals surface area (Å²) in [5.41, 5.74) is 2.11. The zero-order valence-electron chi connectivity index (χ0n) is 12.5. The molecule has 1 atom stereocenters. The van der Waals surface area contributed by atoms with E-state index in [-0.39, 0.29) is 5.92 Å². The molecule has 0 spiro atoms. The topological polar surface area (TPSA) is 87.9 Å². The fraction of sp³-hybridized carbons (Fsp3) is 0.571. The van der Waals surface area contributed by atoms with Crippen LogP contribution in [0.2, 0.25) is 0 Å². The molecule has 1 aliphatic rings. The van der Waals surface area contributed by atoms with Crippen LogP contribution in [0.4, 0.5) is 5.82 Å². The molecular formula is C14H19N5O2. The molecule has 1 unspecified atom stereocenters. The van der Waals surface area contributed by atoms with Gasteiger partial charge in [-0.25, -0.2) is 19.9 Å². The molecule has 0 bridgehead atoms. The fourth-order valence-electron chi connectivity index (χ4n) is 2.85. The summed E-state index contributed by atoms with van der Waals surface area (Å²) in [6, 6.07) is 0. The third kappa shape index (κ3) is 2.68. The van der Waals surface area contributed by atoms with Gasteiger partial charge in [0.1, 0.15) is 11.6 Å². The highest BCUT2D eigenvalue weighted by Crippen LogP contribution is 2.29. The number of rotatable bonds is 2. The van der Waals surface area contributed by atoms with Gasteiger partial charge >= 0.3 is 5.76 Å². The number of aryl methyl sites for hydroxylation is 2. The Morgan fingerprint density at radius 3 is 2.81 bits per heavy atom. The minimum absolute atomic E-state index is 0.118. The number of anilines is 1. The lowest BCUT2D eigenvalue weighted by Crippen LogP contribution is -2.36. The van der Waals surface area contributed by atoms with Gasteiger partial charge in [0.25, 0.3) is 0 Å². The van der Waals surface area contributed by atoms with E-state index in [1.807, 2.05) is 20.8 Å². The molecule has 3 rings (SSSR count). The summed E-state index contributed by atoms with van der Waals surface area (Å²) in [4.78, 5) is 22.3. The zero-order chi connectivity index (χ0) is 15.0. The average molecular weight is 289 g/mol. The number of aromatic nitrogens is 4. The molecule has 3 heterocycles. The molecular weight excluding hydrogens is 270 g/mol. The van der Waals surface area contributed by atoms with E-state index in [2.05, 4.69) is 25.1 Å². The summed E-state index contributed by atoms with van der Waals surface area (Å²) >= 11 is 0. The van der Waals surface area contributed by atoms with Gasteiger partial charge in [-0.1, -0.05) is 0 Å². The Balaban J connectivity index is 1.88. The van der Waals surface area contributed by atoms with E-state index < -0.39 is 5.76 Å². The highest BCUT2D eigenvalue weighted by Gasteiger charge is 2.27. The fourth-order valence-corrected chi connectivity index (χ4v) is 2.85. The van der Waals surface area contributed by atoms with E-state index in [1.54, 1.807) is 0 Å². The lowest BCUT2D eigenvalue weighted by Gasteiger charge is -2.33. The van der Waals surface area contributed by atoms with E-state index in [1.165, 1.54) is 0 Å². The Bertz CT molecular complexity index is 706. The summed E-state index contributed by atoms with van der Waals surface area (Å²) in [6.45, 7) is 7.65. The average Bonchev–Trinajstić information content (AvgIpc) is 2.89. The quantitative estimate of drug-likeness (QED) is 0.900. The minimum Gasteiger partial charge on any atom is -0.392 e. The van der Waals surface area contributed by atoms with Gasteiger partial charge in [0.15, 0.2) is 0 Å². The van der Waals surface area contributed by atoms with Crippen LogP contribution in [-0.2, 0) is 0 Å².